The molecular weight excluding hydrogens is 291 g/mol. The molecule has 0 fully saturated rings. The number of methoxy groups -OCH3 is 1. The molecule has 1 aromatic carbocycles. The standard InChI is InChI=1S/C11H10BrFN2O2/c1-17-9-3-2-8(12)10(13)11(9)15-5-7(6-16)4-14-15/h2-5,16H,6H2,1H3. The number of nitrogens with zero attached hydrogens (tertiary/aromatic N) is 2. The van der Waals surface area contributed by atoms with Gasteiger partial charge in [-0.15, -0.1) is 0 Å². The summed E-state index contributed by atoms with van der Waals surface area (Å²) in [7, 11) is 1.46. The van der Waals surface area contributed by atoms with E-state index in [4.69, 9.17) is 9.84 Å². The number of ether oxygens (including phenoxy) is 1. The Hall–Kier alpha value is -1.40. The van der Waals surface area contributed by atoms with Gasteiger partial charge in [0, 0.05) is 11.8 Å². The third-order valence-electron chi connectivity index (χ3n) is 2.30. The minimum absolute atomic E-state index is 0.141. The second kappa shape index (κ2) is 4.85. The largest absolute Gasteiger partial charge is 0.494 e. The lowest BCUT2D eigenvalue weighted by Crippen LogP contribution is -2.02. The summed E-state index contributed by atoms with van der Waals surface area (Å²) in [5.41, 5.74) is 0.813. The zero-order chi connectivity index (χ0) is 12.4. The molecule has 1 aromatic heterocycles. The average molecular weight is 301 g/mol. The van der Waals surface area contributed by atoms with E-state index in [1.165, 1.54) is 18.0 Å². The molecule has 0 radical (unpaired) electrons. The SMILES string of the molecule is COc1ccc(Br)c(F)c1-n1cc(CO)cn1. The van der Waals surface area contributed by atoms with Crippen molar-refractivity contribution in [3.8, 4) is 11.4 Å². The molecule has 1 N–H and O–H groups in total. The van der Waals surface area contributed by atoms with Gasteiger partial charge in [0.2, 0.25) is 0 Å². The Bertz CT molecular complexity index is 542. The van der Waals surface area contributed by atoms with Gasteiger partial charge >= 0.3 is 0 Å². The van der Waals surface area contributed by atoms with Crippen LogP contribution in [0.25, 0.3) is 5.69 Å². The molecule has 0 amide bonds. The summed E-state index contributed by atoms with van der Waals surface area (Å²) in [6.07, 6.45) is 3.02. The first-order valence-corrected chi connectivity index (χ1v) is 5.63. The Morgan fingerprint density at radius 1 is 1.53 bits per heavy atom. The van der Waals surface area contributed by atoms with E-state index in [1.807, 2.05) is 0 Å². The van der Waals surface area contributed by atoms with Gasteiger partial charge in [-0.1, -0.05) is 0 Å². The first kappa shape index (κ1) is 12.1. The number of halogens is 2. The van der Waals surface area contributed by atoms with Crippen molar-refractivity contribution in [2.75, 3.05) is 7.11 Å². The summed E-state index contributed by atoms with van der Waals surface area (Å²) in [4.78, 5) is 0. The van der Waals surface area contributed by atoms with Crippen LogP contribution in [0.5, 0.6) is 5.75 Å². The van der Waals surface area contributed by atoms with Crippen LogP contribution in [0.2, 0.25) is 0 Å². The van der Waals surface area contributed by atoms with Gasteiger partial charge in [-0.2, -0.15) is 5.10 Å². The van der Waals surface area contributed by atoms with E-state index >= 15 is 0 Å². The summed E-state index contributed by atoms with van der Waals surface area (Å²) < 4.78 is 20.8. The number of rotatable bonds is 3. The van der Waals surface area contributed by atoms with Crippen LogP contribution in [-0.4, -0.2) is 22.0 Å². The molecule has 2 aromatic rings. The molecule has 0 aliphatic carbocycles. The van der Waals surface area contributed by atoms with Crippen molar-refractivity contribution in [1.29, 1.82) is 0 Å². The predicted octanol–water partition coefficient (Wildman–Crippen LogP) is 2.27. The lowest BCUT2D eigenvalue weighted by atomic mass is 10.3. The van der Waals surface area contributed by atoms with Gasteiger partial charge in [0.1, 0.15) is 11.4 Å². The van der Waals surface area contributed by atoms with E-state index in [2.05, 4.69) is 21.0 Å². The maximum absolute atomic E-state index is 14.0. The Morgan fingerprint density at radius 3 is 2.88 bits per heavy atom. The van der Waals surface area contributed by atoms with Crippen LogP contribution < -0.4 is 4.74 Å². The highest BCUT2D eigenvalue weighted by Gasteiger charge is 2.15. The van der Waals surface area contributed by atoms with Gasteiger partial charge in [0.15, 0.2) is 5.82 Å². The number of hydrogen-bond acceptors (Lipinski definition) is 3. The number of hydrogen-bond donors (Lipinski definition) is 1. The fourth-order valence-corrected chi connectivity index (χ4v) is 1.78. The van der Waals surface area contributed by atoms with Crippen LogP contribution >= 0.6 is 15.9 Å². The Balaban J connectivity index is 2.60. The average Bonchev–Trinajstić information content (AvgIpc) is 2.80. The van der Waals surface area contributed by atoms with Crippen molar-refractivity contribution >= 4 is 15.9 Å². The minimum atomic E-state index is -0.461. The summed E-state index contributed by atoms with van der Waals surface area (Å²) in [6, 6.07) is 3.21. The van der Waals surface area contributed by atoms with Crippen molar-refractivity contribution in [2.24, 2.45) is 0 Å². The third-order valence-corrected chi connectivity index (χ3v) is 2.91. The van der Waals surface area contributed by atoms with E-state index in [0.29, 0.717) is 15.8 Å². The van der Waals surface area contributed by atoms with Gasteiger partial charge in [0.05, 0.1) is 24.4 Å². The van der Waals surface area contributed by atoms with Crippen LogP contribution in [0.3, 0.4) is 0 Å². The summed E-state index contributed by atoms with van der Waals surface area (Å²) >= 11 is 3.11. The molecule has 0 spiro atoms. The Morgan fingerprint density at radius 2 is 2.29 bits per heavy atom. The first-order valence-electron chi connectivity index (χ1n) is 4.84. The maximum atomic E-state index is 14.0. The highest BCUT2D eigenvalue weighted by Crippen LogP contribution is 2.30. The minimum Gasteiger partial charge on any atom is -0.494 e. The summed E-state index contributed by atoms with van der Waals surface area (Å²) in [6.45, 7) is -0.141. The molecular formula is C11H10BrFN2O2. The van der Waals surface area contributed by atoms with Gasteiger partial charge in [-0.3, -0.25) is 0 Å². The molecule has 0 atom stereocenters. The monoisotopic (exact) mass is 300 g/mol. The number of aliphatic hydroxyl groups is 1. The van der Waals surface area contributed by atoms with Crippen LogP contribution in [0.4, 0.5) is 4.39 Å². The number of aromatic nitrogens is 2. The first-order chi connectivity index (χ1) is 8.17. The highest BCUT2D eigenvalue weighted by atomic mass is 79.9. The van der Waals surface area contributed by atoms with E-state index in [0.717, 1.165) is 0 Å². The van der Waals surface area contributed by atoms with E-state index in [-0.39, 0.29) is 12.3 Å². The van der Waals surface area contributed by atoms with Crippen molar-refractivity contribution < 1.29 is 14.2 Å². The smallest absolute Gasteiger partial charge is 0.166 e. The van der Waals surface area contributed by atoms with Crippen molar-refractivity contribution in [3.05, 3.63) is 40.4 Å². The molecule has 2 rings (SSSR count). The zero-order valence-corrected chi connectivity index (χ0v) is 10.6. The zero-order valence-electron chi connectivity index (χ0n) is 9.02. The second-order valence-corrected chi connectivity index (χ2v) is 4.22. The molecule has 4 nitrogen and oxygen atoms in total. The van der Waals surface area contributed by atoms with E-state index < -0.39 is 5.82 Å². The van der Waals surface area contributed by atoms with Crippen molar-refractivity contribution in [3.63, 3.8) is 0 Å². The molecule has 1 heterocycles. The predicted molar refractivity (Wildman–Crippen MR) is 63.7 cm³/mol. The molecule has 6 heteroatoms. The molecule has 0 aliphatic rings. The number of benzene rings is 1. The molecule has 0 saturated carbocycles. The van der Waals surface area contributed by atoms with Gasteiger partial charge in [-0.25, -0.2) is 9.07 Å². The van der Waals surface area contributed by atoms with Gasteiger partial charge < -0.3 is 9.84 Å². The molecule has 0 aliphatic heterocycles. The fraction of sp³-hybridized carbons (Fsp3) is 0.182. The lowest BCUT2D eigenvalue weighted by molar-refractivity contribution is 0.282. The molecule has 17 heavy (non-hydrogen) atoms. The van der Waals surface area contributed by atoms with E-state index in [1.54, 1.807) is 18.3 Å². The quantitative estimate of drug-likeness (QED) is 0.946. The van der Waals surface area contributed by atoms with Crippen LogP contribution in [0, 0.1) is 5.82 Å². The van der Waals surface area contributed by atoms with Crippen LogP contribution in [-0.2, 0) is 6.61 Å². The highest BCUT2D eigenvalue weighted by molar-refractivity contribution is 9.10. The van der Waals surface area contributed by atoms with Crippen molar-refractivity contribution in [2.45, 2.75) is 6.61 Å². The summed E-state index contributed by atoms with van der Waals surface area (Å²) in [5.74, 6) is -0.0878. The van der Waals surface area contributed by atoms with Crippen LogP contribution in [0.15, 0.2) is 29.0 Å². The molecule has 0 bridgehead atoms. The van der Waals surface area contributed by atoms with Gasteiger partial charge in [-0.05, 0) is 28.1 Å². The van der Waals surface area contributed by atoms with Gasteiger partial charge in [0.25, 0.3) is 0 Å². The van der Waals surface area contributed by atoms with Crippen molar-refractivity contribution in [1.82, 2.24) is 9.78 Å². The molecule has 0 saturated heterocycles. The fourth-order valence-electron chi connectivity index (χ4n) is 1.46. The normalized spacial score (nSPS) is 10.6. The summed E-state index contributed by atoms with van der Waals surface area (Å²) in [5, 5.41) is 12.9. The Labute approximate surface area is 106 Å². The number of aliphatic hydroxyl groups excluding tert-OH is 1. The second-order valence-electron chi connectivity index (χ2n) is 3.36. The molecule has 0 unspecified atom stereocenters. The topological polar surface area (TPSA) is 47.3 Å². The van der Waals surface area contributed by atoms with E-state index in [9.17, 15) is 4.39 Å². The Kier molecular flexibility index (Phi) is 3.44. The lowest BCUT2D eigenvalue weighted by Gasteiger charge is -2.10. The maximum Gasteiger partial charge on any atom is 0.166 e. The molecule has 90 valence electrons. The third kappa shape index (κ3) is 2.18. The van der Waals surface area contributed by atoms with Crippen LogP contribution in [0.1, 0.15) is 5.56 Å².